The third kappa shape index (κ3) is 4.33. The molecule has 0 spiro atoms. The Balaban J connectivity index is 2.33. The number of benzene rings is 2. The molecule has 2 rings (SSSR count). The molecule has 0 saturated heterocycles. The van der Waals surface area contributed by atoms with Gasteiger partial charge in [0.05, 0.1) is 16.1 Å². The Morgan fingerprint density at radius 2 is 1.81 bits per heavy atom. The number of carbonyl (C=O) groups is 2. The lowest BCUT2D eigenvalue weighted by molar-refractivity contribution is -0.125. The van der Waals surface area contributed by atoms with Gasteiger partial charge >= 0.3 is 5.97 Å². The number of nitrogens with two attached hydrogens (primary N) is 1. The molecule has 0 saturated carbocycles. The van der Waals surface area contributed by atoms with E-state index < -0.39 is 28.0 Å². The highest BCUT2D eigenvalue weighted by Crippen LogP contribution is 2.25. The summed E-state index contributed by atoms with van der Waals surface area (Å²) in [6.07, 6.45) is -1.13. The molecule has 1 atom stereocenters. The molecule has 2 aromatic carbocycles. The van der Waals surface area contributed by atoms with E-state index in [0.29, 0.717) is 10.7 Å². The number of halogens is 1. The van der Waals surface area contributed by atoms with Crippen molar-refractivity contribution in [2.24, 2.45) is 5.73 Å². The second kappa shape index (κ2) is 7.76. The van der Waals surface area contributed by atoms with Crippen LogP contribution in [0.1, 0.15) is 17.3 Å². The van der Waals surface area contributed by atoms with E-state index in [4.69, 9.17) is 22.1 Å². The molecule has 0 aliphatic rings. The molecule has 0 heterocycles. The molecule has 9 heteroatoms. The van der Waals surface area contributed by atoms with Crippen molar-refractivity contribution < 1.29 is 22.7 Å². The highest BCUT2D eigenvalue weighted by atomic mass is 35.5. The van der Waals surface area contributed by atoms with E-state index in [1.54, 1.807) is 18.2 Å². The van der Waals surface area contributed by atoms with E-state index >= 15 is 0 Å². The number of anilines is 1. The van der Waals surface area contributed by atoms with Crippen LogP contribution >= 0.6 is 11.6 Å². The lowest BCUT2D eigenvalue weighted by Gasteiger charge is -2.20. The van der Waals surface area contributed by atoms with Crippen LogP contribution in [0.25, 0.3) is 0 Å². The van der Waals surface area contributed by atoms with Gasteiger partial charge in [-0.2, -0.15) is 0 Å². The lowest BCUT2D eigenvalue weighted by atomic mass is 10.2. The number of primary amides is 1. The summed E-state index contributed by atoms with van der Waals surface area (Å²) in [5, 5.41) is 0.391. The van der Waals surface area contributed by atoms with E-state index in [1.807, 2.05) is 0 Å². The molecular formula is C17H17ClN2O5S. The minimum absolute atomic E-state index is 0.0151. The smallest absolute Gasteiger partial charge is 0.338 e. The largest absolute Gasteiger partial charge is 0.449 e. The minimum Gasteiger partial charge on any atom is -0.449 e. The Labute approximate surface area is 156 Å². The lowest BCUT2D eigenvalue weighted by Crippen LogP contribution is -2.30. The van der Waals surface area contributed by atoms with Crippen LogP contribution in [0.4, 0.5) is 5.69 Å². The summed E-state index contributed by atoms with van der Waals surface area (Å²) in [7, 11) is -2.56. The van der Waals surface area contributed by atoms with Crippen LogP contribution in [-0.2, 0) is 19.6 Å². The van der Waals surface area contributed by atoms with E-state index in [0.717, 1.165) is 4.31 Å². The van der Waals surface area contributed by atoms with E-state index in [-0.39, 0.29) is 10.5 Å². The summed E-state index contributed by atoms with van der Waals surface area (Å²) in [6.45, 7) is 1.33. The number of ether oxygens (including phenoxy) is 1. The van der Waals surface area contributed by atoms with Gasteiger partial charge in [0, 0.05) is 12.1 Å². The van der Waals surface area contributed by atoms with Crippen molar-refractivity contribution in [1.82, 2.24) is 0 Å². The maximum atomic E-state index is 12.8. The average Bonchev–Trinajstić information content (AvgIpc) is 2.60. The Morgan fingerprint density at radius 3 is 2.42 bits per heavy atom. The Hall–Kier alpha value is -2.58. The standard InChI is InChI=1S/C17H17ClN2O5S/c1-11(16(19)21)25-17(22)12-5-3-8-15(9-12)26(23,24)20(2)14-7-4-6-13(18)10-14/h3-11H,1-2H3,(H2,19,21)/t11-/m0/s1. The predicted molar refractivity (Wildman–Crippen MR) is 97.6 cm³/mol. The zero-order chi connectivity index (χ0) is 19.5. The summed E-state index contributed by atoms with van der Waals surface area (Å²) in [6, 6.07) is 11.7. The van der Waals surface area contributed by atoms with Gasteiger partial charge in [-0.1, -0.05) is 23.7 Å². The number of amides is 1. The molecule has 26 heavy (non-hydrogen) atoms. The summed E-state index contributed by atoms with van der Waals surface area (Å²) < 4.78 is 31.5. The first kappa shape index (κ1) is 19.7. The Bertz CT molecular complexity index is 946. The van der Waals surface area contributed by atoms with Crippen molar-refractivity contribution in [3.05, 3.63) is 59.1 Å². The molecule has 0 unspecified atom stereocenters. The van der Waals surface area contributed by atoms with E-state index in [1.165, 1.54) is 44.3 Å². The van der Waals surface area contributed by atoms with Crippen molar-refractivity contribution in [1.29, 1.82) is 0 Å². The maximum absolute atomic E-state index is 12.8. The molecule has 2 aromatic rings. The van der Waals surface area contributed by atoms with Crippen molar-refractivity contribution >= 4 is 39.2 Å². The molecule has 0 aliphatic heterocycles. The van der Waals surface area contributed by atoms with Crippen LogP contribution in [0.5, 0.6) is 0 Å². The molecule has 7 nitrogen and oxygen atoms in total. The van der Waals surface area contributed by atoms with Gasteiger partial charge in [-0.05, 0) is 43.3 Å². The number of sulfonamides is 1. The third-order valence-electron chi connectivity index (χ3n) is 3.58. The van der Waals surface area contributed by atoms with Crippen LogP contribution in [0.15, 0.2) is 53.4 Å². The quantitative estimate of drug-likeness (QED) is 0.753. The number of nitrogens with zero attached hydrogens (tertiary/aromatic N) is 1. The molecule has 0 aromatic heterocycles. The number of hydrogen-bond acceptors (Lipinski definition) is 5. The summed E-state index contributed by atoms with van der Waals surface area (Å²) in [5.74, 6) is -1.65. The summed E-state index contributed by atoms with van der Waals surface area (Å²) in [4.78, 5) is 23.0. The molecule has 2 N–H and O–H groups in total. The highest BCUT2D eigenvalue weighted by molar-refractivity contribution is 7.92. The van der Waals surface area contributed by atoms with Gasteiger partial charge in [0.15, 0.2) is 6.10 Å². The molecule has 0 radical (unpaired) electrons. The first-order valence-electron chi connectivity index (χ1n) is 7.48. The first-order chi connectivity index (χ1) is 12.1. The fourth-order valence-electron chi connectivity index (χ4n) is 2.04. The zero-order valence-corrected chi connectivity index (χ0v) is 15.6. The van der Waals surface area contributed by atoms with Gasteiger partial charge in [0.25, 0.3) is 15.9 Å². The van der Waals surface area contributed by atoms with Crippen LogP contribution < -0.4 is 10.0 Å². The van der Waals surface area contributed by atoms with Gasteiger partial charge < -0.3 is 10.5 Å². The van der Waals surface area contributed by atoms with Gasteiger partial charge in [0.2, 0.25) is 0 Å². The van der Waals surface area contributed by atoms with Gasteiger partial charge in [-0.15, -0.1) is 0 Å². The fourth-order valence-corrected chi connectivity index (χ4v) is 3.46. The minimum atomic E-state index is -3.93. The SMILES string of the molecule is C[C@H](OC(=O)c1cccc(S(=O)(=O)N(C)c2cccc(Cl)c2)c1)C(N)=O. The molecule has 0 fully saturated rings. The fraction of sp³-hybridized carbons (Fsp3) is 0.176. The van der Waals surface area contributed by atoms with Crippen molar-refractivity contribution in [2.45, 2.75) is 17.9 Å². The van der Waals surface area contributed by atoms with E-state index in [9.17, 15) is 18.0 Å². The zero-order valence-electron chi connectivity index (χ0n) is 14.0. The molecule has 0 bridgehead atoms. The van der Waals surface area contributed by atoms with Gasteiger partial charge in [-0.25, -0.2) is 13.2 Å². The first-order valence-corrected chi connectivity index (χ1v) is 9.29. The van der Waals surface area contributed by atoms with Crippen molar-refractivity contribution in [3.8, 4) is 0 Å². The van der Waals surface area contributed by atoms with Crippen LogP contribution in [-0.4, -0.2) is 33.4 Å². The van der Waals surface area contributed by atoms with Crippen LogP contribution in [0.2, 0.25) is 5.02 Å². The predicted octanol–water partition coefficient (Wildman–Crippen LogP) is 2.20. The second-order valence-corrected chi connectivity index (χ2v) is 7.84. The van der Waals surface area contributed by atoms with Crippen molar-refractivity contribution in [3.63, 3.8) is 0 Å². The van der Waals surface area contributed by atoms with E-state index in [2.05, 4.69) is 0 Å². The van der Waals surface area contributed by atoms with Crippen LogP contribution in [0.3, 0.4) is 0 Å². The highest BCUT2D eigenvalue weighted by Gasteiger charge is 2.24. The molecular weight excluding hydrogens is 380 g/mol. The average molecular weight is 397 g/mol. The van der Waals surface area contributed by atoms with Crippen LogP contribution in [0, 0.1) is 0 Å². The number of rotatable bonds is 6. The number of hydrogen-bond donors (Lipinski definition) is 1. The third-order valence-corrected chi connectivity index (χ3v) is 5.60. The Kier molecular flexibility index (Phi) is 5.89. The summed E-state index contributed by atoms with van der Waals surface area (Å²) in [5.41, 5.74) is 5.40. The van der Waals surface area contributed by atoms with Gasteiger partial charge in [0.1, 0.15) is 0 Å². The van der Waals surface area contributed by atoms with Gasteiger partial charge in [-0.3, -0.25) is 9.10 Å². The van der Waals surface area contributed by atoms with Crippen molar-refractivity contribution in [2.75, 3.05) is 11.4 Å². The second-order valence-electron chi connectivity index (χ2n) is 5.43. The maximum Gasteiger partial charge on any atom is 0.338 e. The number of carbonyl (C=O) groups excluding carboxylic acids is 2. The summed E-state index contributed by atoms with van der Waals surface area (Å²) >= 11 is 5.91. The number of esters is 1. The molecule has 0 aliphatic carbocycles. The molecule has 138 valence electrons. The topological polar surface area (TPSA) is 107 Å². The normalized spacial score (nSPS) is 12.3. The Morgan fingerprint density at radius 1 is 1.15 bits per heavy atom. The molecule has 1 amide bonds. The monoisotopic (exact) mass is 396 g/mol.